The molecule has 1 aromatic heterocycles. The molecule has 1 aromatic carbocycles. The standard InChI is InChI=1S/C20H29N5S.HI/c1-3-26-19-10-5-8-17(14-19)24-20(21-2)22-15-16-7-4-9-18(13-16)25-12-6-11-23-25;/h4,6-7,9,11-13,17,19H,3,5,8,10,14-15H2,1-2H3,(H2,21,22,24);1H. The first-order chi connectivity index (χ1) is 12.8. The highest BCUT2D eigenvalue weighted by molar-refractivity contribution is 14.0. The van der Waals surface area contributed by atoms with Crippen LogP contribution in [0.25, 0.3) is 5.69 Å². The second-order valence-corrected chi connectivity index (χ2v) is 8.21. The number of halogens is 1. The van der Waals surface area contributed by atoms with Crippen LogP contribution in [0.4, 0.5) is 0 Å². The van der Waals surface area contributed by atoms with Gasteiger partial charge in [0.1, 0.15) is 0 Å². The predicted octanol–water partition coefficient (Wildman–Crippen LogP) is 4.22. The summed E-state index contributed by atoms with van der Waals surface area (Å²) in [7, 11) is 1.84. The van der Waals surface area contributed by atoms with Gasteiger partial charge in [0.15, 0.2) is 5.96 Å². The Kier molecular flexibility index (Phi) is 9.47. The Bertz CT molecular complexity index is 702. The van der Waals surface area contributed by atoms with E-state index in [0.29, 0.717) is 6.04 Å². The third-order valence-corrected chi connectivity index (χ3v) is 5.97. The molecule has 7 heteroatoms. The van der Waals surface area contributed by atoms with Crippen LogP contribution in [0.5, 0.6) is 0 Å². The zero-order valence-electron chi connectivity index (χ0n) is 16.1. The Balaban J connectivity index is 0.00000261. The van der Waals surface area contributed by atoms with Crippen LogP contribution in [0.2, 0.25) is 0 Å². The van der Waals surface area contributed by atoms with Crippen LogP contribution in [-0.4, -0.2) is 39.8 Å². The first-order valence-electron chi connectivity index (χ1n) is 9.46. The lowest BCUT2D eigenvalue weighted by atomic mass is 9.95. The van der Waals surface area contributed by atoms with E-state index >= 15 is 0 Å². The molecule has 0 saturated heterocycles. The monoisotopic (exact) mass is 499 g/mol. The van der Waals surface area contributed by atoms with Crippen LogP contribution in [0.15, 0.2) is 47.7 Å². The lowest BCUT2D eigenvalue weighted by Gasteiger charge is -2.30. The van der Waals surface area contributed by atoms with Gasteiger partial charge in [0.2, 0.25) is 0 Å². The van der Waals surface area contributed by atoms with Gasteiger partial charge in [-0.3, -0.25) is 4.99 Å². The third kappa shape index (κ3) is 6.71. The van der Waals surface area contributed by atoms with Gasteiger partial charge in [-0.05, 0) is 48.8 Å². The largest absolute Gasteiger partial charge is 0.354 e. The molecule has 2 N–H and O–H groups in total. The molecular formula is C20H30IN5S. The molecule has 1 aliphatic carbocycles. The Hall–Kier alpha value is -1.22. The Morgan fingerprint density at radius 1 is 1.33 bits per heavy atom. The van der Waals surface area contributed by atoms with E-state index in [1.165, 1.54) is 37.0 Å². The van der Waals surface area contributed by atoms with Gasteiger partial charge in [-0.2, -0.15) is 16.9 Å². The lowest BCUT2D eigenvalue weighted by Crippen LogP contribution is -2.45. The van der Waals surface area contributed by atoms with E-state index in [2.05, 4.69) is 63.7 Å². The van der Waals surface area contributed by atoms with Crippen LogP contribution in [0, 0.1) is 0 Å². The summed E-state index contributed by atoms with van der Waals surface area (Å²) in [4.78, 5) is 4.41. The topological polar surface area (TPSA) is 54.2 Å². The number of guanidine groups is 1. The number of nitrogens with one attached hydrogen (secondary N) is 2. The predicted molar refractivity (Wildman–Crippen MR) is 126 cm³/mol. The zero-order valence-corrected chi connectivity index (χ0v) is 19.2. The quantitative estimate of drug-likeness (QED) is 0.355. The summed E-state index contributed by atoms with van der Waals surface area (Å²) in [5.74, 6) is 2.10. The second kappa shape index (κ2) is 11.6. The summed E-state index contributed by atoms with van der Waals surface area (Å²) < 4.78 is 1.88. The number of aliphatic imine (C=N–C) groups is 1. The highest BCUT2D eigenvalue weighted by Gasteiger charge is 2.22. The molecule has 0 radical (unpaired) electrons. The summed E-state index contributed by atoms with van der Waals surface area (Å²) in [5, 5.41) is 12.2. The maximum absolute atomic E-state index is 4.41. The fourth-order valence-electron chi connectivity index (χ4n) is 3.47. The van der Waals surface area contributed by atoms with E-state index in [1.807, 2.05) is 24.0 Å². The summed E-state index contributed by atoms with van der Waals surface area (Å²) in [6.07, 6.45) is 8.87. The van der Waals surface area contributed by atoms with Crippen molar-refractivity contribution in [3.05, 3.63) is 48.3 Å². The van der Waals surface area contributed by atoms with Crippen molar-refractivity contribution in [2.75, 3.05) is 12.8 Å². The number of hydrogen-bond donors (Lipinski definition) is 2. The van der Waals surface area contributed by atoms with Gasteiger partial charge < -0.3 is 10.6 Å². The van der Waals surface area contributed by atoms with Gasteiger partial charge >= 0.3 is 0 Å². The fourth-order valence-corrected chi connectivity index (χ4v) is 4.64. The van der Waals surface area contributed by atoms with E-state index < -0.39 is 0 Å². The summed E-state index contributed by atoms with van der Waals surface area (Å²) in [6, 6.07) is 10.9. The molecule has 1 aliphatic rings. The number of thioether (sulfide) groups is 1. The van der Waals surface area contributed by atoms with Gasteiger partial charge in [-0.25, -0.2) is 4.68 Å². The van der Waals surface area contributed by atoms with Crippen LogP contribution < -0.4 is 10.6 Å². The van der Waals surface area contributed by atoms with Gasteiger partial charge in [-0.15, -0.1) is 24.0 Å². The fraction of sp³-hybridized carbons (Fsp3) is 0.500. The van der Waals surface area contributed by atoms with E-state index in [1.54, 1.807) is 6.20 Å². The number of benzene rings is 1. The van der Waals surface area contributed by atoms with Crippen molar-refractivity contribution in [2.24, 2.45) is 4.99 Å². The highest BCUT2D eigenvalue weighted by Crippen LogP contribution is 2.28. The zero-order chi connectivity index (χ0) is 18.2. The second-order valence-electron chi connectivity index (χ2n) is 6.63. The Labute approximate surface area is 183 Å². The van der Waals surface area contributed by atoms with E-state index in [0.717, 1.165) is 23.4 Å². The molecule has 5 nitrogen and oxygen atoms in total. The molecule has 1 saturated carbocycles. The van der Waals surface area contributed by atoms with Gasteiger partial charge in [0, 0.05) is 37.3 Å². The maximum Gasteiger partial charge on any atom is 0.191 e. The van der Waals surface area contributed by atoms with Crippen LogP contribution in [-0.2, 0) is 6.54 Å². The molecule has 148 valence electrons. The minimum absolute atomic E-state index is 0. The molecule has 2 unspecified atom stereocenters. The smallest absolute Gasteiger partial charge is 0.191 e. The van der Waals surface area contributed by atoms with Crippen molar-refractivity contribution in [1.82, 2.24) is 20.4 Å². The molecule has 1 fully saturated rings. The summed E-state index contributed by atoms with van der Waals surface area (Å²) in [5.41, 5.74) is 2.29. The molecule has 0 amide bonds. The van der Waals surface area contributed by atoms with Gasteiger partial charge in [0.05, 0.1) is 5.69 Å². The SMILES string of the molecule is CCSC1CCCC(NC(=NC)NCc2cccc(-n3cccn3)c2)C1.I. The van der Waals surface area contributed by atoms with E-state index in [-0.39, 0.29) is 24.0 Å². The Morgan fingerprint density at radius 2 is 2.22 bits per heavy atom. The molecule has 0 spiro atoms. The van der Waals surface area contributed by atoms with Crippen LogP contribution in [0.1, 0.15) is 38.2 Å². The van der Waals surface area contributed by atoms with Crippen molar-refractivity contribution in [3.63, 3.8) is 0 Å². The first kappa shape index (κ1) is 22.1. The first-order valence-corrected chi connectivity index (χ1v) is 10.5. The van der Waals surface area contributed by atoms with Crippen LogP contribution in [0.3, 0.4) is 0 Å². The van der Waals surface area contributed by atoms with Crippen molar-refractivity contribution in [1.29, 1.82) is 0 Å². The van der Waals surface area contributed by atoms with Crippen molar-refractivity contribution >= 4 is 41.7 Å². The van der Waals surface area contributed by atoms with Crippen molar-refractivity contribution in [2.45, 2.75) is 50.4 Å². The molecule has 27 heavy (non-hydrogen) atoms. The molecule has 1 heterocycles. The van der Waals surface area contributed by atoms with E-state index in [9.17, 15) is 0 Å². The van der Waals surface area contributed by atoms with Crippen LogP contribution >= 0.6 is 35.7 Å². The van der Waals surface area contributed by atoms with Gasteiger partial charge in [-0.1, -0.05) is 25.5 Å². The molecule has 0 aliphatic heterocycles. The maximum atomic E-state index is 4.41. The average Bonchev–Trinajstić information content (AvgIpc) is 3.21. The molecular weight excluding hydrogens is 469 g/mol. The minimum atomic E-state index is 0. The van der Waals surface area contributed by atoms with E-state index in [4.69, 9.17) is 0 Å². The van der Waals surface area contributed by atoms with Crippen molar-refractivity contribution < 1.29 is 0 Å². The van der Waals surface area contributed by atoms with Crippen molar-refractivity contribution in [3.8, 4) is 5.69 Å². The number of hydrogen-bond acceptors (Lipinski definition) is 3. The lowest BCUT2D eigenvalue weighted by molar-refractivity contribution is 0.419. The summed E-state index contributed by atoms with van der Waals surface area (Å²) in [6.45, 7) is 2.99. The minimum Gasteiger partial charge on any atom is -0.354 e. The molecule has 0 bridgehead atoms. The normalized spacial score (nSPS) is 20.0. The number of aromatic nitrogens is 2. The molecule has 3 rings (SSSR count). The average molecular weight is 499 g/mol. The number of nitrogens with zero attached hydrogens (tertiary/aromatic N) is 3. The molecule has 2 atom stereocenters. The van der Waals surface area contributed by atoms with Gasteiger partial charge in [0.25, 0.3) is 0 Å². The third-order valence-electron chi connectivity index (χ3n) is 4.73. The highest BCUT2D eigenvalue weighted by atomic mass is 127. The summed E-state index contributed by atoms with van der Waals surface area (Å²) >= 11 is 2.09. The number of rotatable bonds is 6. The Morgan fingerprint density at radius 3 is 2.96 bits per heavy atom. The molecule has 2 aromatic rings.